The molecule has 0 spiro atoms. The van der Waals surface area contributed by atoms with Crippen LogP contribution < -0.4 is 10.6 Å². The van der Waals surface area contributed by atoms with Crippen LogP contribution in [-0.2, 0) is 16.6 Å². The molecule has 3 heterocycles. The number of carbonyl (C=O) groups is 3. The van der Waals surface area contributed by atoms with Crippen molar-refractivity contribution in [2.75, 3.05) is 13.1 Å². The molecule has 2 aliphatic heterocycles. The van der Waals surface area contributed by atoms with Gasteiger partial charge in [0.1, 0.15) is 0 Å². The number of hydrogen-bond donors (Lipinski definition) is 2. The minimum absolute atomic E-state index is 0.0213. The first-order valence-corrected chi connectivity index (χ1v) is 11.3. The number of nitrogens with zero attached hydrogens (tertiary/aromatic N) is 3. The lowest BCUT2D eigenvalue weighted by atomic mass is 9.92. The van der Waals surface area contributed by atoms with Gasteiger partial charge in [-0.3, -0.25) is 19.1 Å². The van der Waals surface area contributed by atoms with E-state index in [4.69, 9.17) is 0 Å². The van der Waals surface area contributed by atoms with Gasteiger partial charge in [0.05, 0.1) is 23.7 Å². The fraction of sp³-hybridized carbons (Fsp3) is 0.500. The SMILES string of the molecule is Cc1cc(C)cc(C(=O)N2CCC[C@H](C(=O)N[C@@H]3CCC(=O)N[C@H]3c3ccnn3C)C2)c1. The van der Waals surface area contributed by atoms with Crippen molar-refractivity contribution in [1.29, 1.82) is 0 Å². The van der Waals surface area contributed by atoms with Gasteiger partial charge in [-0.15, -0.1) is 0 Å². The van der Waals surface area contributed by atoms with Gasteiger partial charge in [-0.2, -0.15) is 5.10 Å². The molecule has 2 saturated heterocycles. The van der Waals surface area contributed by atoms with E-state index in [-0.39, 0.29) is 35.7 Å². The molecule has 1 aromatic heterocycles. The van der Waals surface area contributed by atoms with Gasteiger partial charge in [-0.25, -0.2) is 0 Å². The van der Waals surface area contributed by atoms with Crippen LogP contribution in [0.2, 0.25) is 0 Å². The Morgan fingerprint density at radius 1 is 1.16 bits per heavy atom. The molecule has 3 atom stereocenters. The number of aromatic nitrogens is 2. The Bertz CT molecular complexity index is 1010. The van der Waals surface area contributed by atoms with Crippen molar-refractivity contribution in [2.24, 2.45) is 13.0 Å². The van der Waals surface area contributed by atoms with Crippen molar-refractivity contribution in [3.8, 4) is 0 Å². The minimum atomic E-state index is -0.315. The van der Waals surface area contributed by atoms with E-state index in [9.17, 15) is 14.4 Å². The second kappa shape index (κ2) is 9.14. The molecule has 170 valence electrons. The number of hydrogen-bond acceptors (Lipinski definition) is 4. The summed E-state index contributed by atoms with van der Waals surface area (Å²) in [5.74, 6) is -0.365. The second-order valence-electron chi connectivity index (χ2n) is 9.05. The monoisotopic (exact) mass is 437 g/mol. The fourth-order valence-corrected chi connectivity index (χ4v) is 4.88. The first kappa shape index (κ1) is 22.0. The maximum atomic E-state index is 13.2. The number of carbonyl (C=O) groups excluding carboxylic acids is 3. The van der Waals surface area contributed by atoms with Gasteiger partial charge in [0.2, 0.25) is 11.8 Å². The normalized spacial score (nSPS) is 23.5. The Hall–Kier alpha value is -3.16. The minimum Gasteiger partial charge on any atom is -0.351 e. The predicted octanol–water partition coefficient (Wildman–Crippen LogP) is 2.03. The van der Waals surface area contributed by atoms with Crippen LogP contribution in [0.5, 0.6) is 0 Å². The molecule has 2 aliphatic rings. The van der Waals surface area contributed by atoms with Crippen LogP contribution in [0.25, 0.3) is 0 Å². The lowest BCUT2D eigenvalue weighted by Gasteiger charge is -2.36. The van der Waals surface area contributed by atoms with E-state index in [1.165, 1.54) is 0 Å². The molecule has 0 unspecified atom stereocenters. The summed E-state index contributed by atoms with van der Waals surface area (Å²) in [5.41, 5.74) is 3.65. The van der Waals surface area contributed by atoms with Gasteiger partial charge in [-0.1, -0.05) is 17.2 Å². The molecule has 32 heavy (non-hydrogen) atoms. The van der Waals surface area contributed by atoms with Gasteiger partial charge >= 0.3 is 0 Å². The average Bonchev–Trinajstić information content (AvgIpc) is 3.19. The molecular formula is C24H31N5O3. The third-order valence-electron chi connectivity index (χ3n) is 6.45. The van der Waals surface area contributed by atoms with Crippen molar-refractivity contribution in [1.82, 2.24) is 25.3 Å². The molecule has 0 bridgehead atoms. The first-order valence-electron chi connectivity index (χ1n) is 11.3. The van der Waals surface area contributed by atoms with Crippen molar-refractivity contribution in [3.05, 3.63) is 52.8 Å². The lowest BCUT2D eigenvalue weighted by molar-refractivity contribution is -0.130. The van der Waals surface area contributed by atoms with E-state index in [1.807, 2.05) is 45.2 Å². The van der Waals surface area contributed by atoms with E-state index < -0.39 is 0 Å². The standard InChI is InChI=1S/C24H31N5O3/c1-15-11-16(2)13-18(12-15)24(32)29-10-4-5-17(14-29)23(31)26-19-6-7-21(30)27-22(19)20-8-9-25-28(20)3/h8-9,11-13,17,19,22H,4-7,10,14H2,1-3H3,(H,26,31)(H,27,30)/t17-,19+,22+/m0/s1. The number of aryl methyl sites for hydroxylation is 3. The van der Waals surface area contributed by atoms with Crippen LogP contribution in [0.3, 0.4) is 0 Å². The van der Waals surface area contributed by atoms with E-state index >= 15 is 0 Å². The van der Waals surface area contributed by atoms with Crippen LogP contribution in [0.4, 0.5) is 0 Å². The van der Waals surface area contributed by atoms with Crippen molar-refractivity contribution >= 4 is 17.7 Å². The van der Waals surface area contributed by atoms with E-state index in [0.29, 0.717) is 31.5 Å². The van der Waals surface area contributed by atoms with Crippen molar-refractivity contribution in [3.63, 3.8) is 0 Å². The summed E-state index contributed by atoms with van der Waals surface area (Å²) in [7, 11) is 1.83. The summed E-state index contributed by atoms with van der Waals surface area (Å²) in [4.78, 5) is 40.1. The number of piperidine rings is 2. The highest BCUT2D eigenvalue weighted by Gasteiger charge is 2.35. The smallest absolute Gasteiger partial charge is 0.253 e. The summed E-state index contributed by atoms with van der Waals surface area (Å²) < 4.78 is 1.72. The van der Waals surface area contributed by atoms with Crippen molar-refractivity contribution in [2.45, 2.75) is 51.6 Å². The second-order valence-corrected chi connectivity index (χ2v) is 9.05. The third-order valence-corrected chi connectivity index (χ3v) is 6.45. The highest BCUT2D eigenvalue weighted by Crippen LogP contribution is 2.26. The van der Waals surface area contributed by atoms with E-state index in [0.717, 1.165) is 29.7 Å². The quantitative estimate of drug-likeness (QED) is 0.765. The van der Waals surface area contributed by atoms with Crippen LogP contribution in [-0.4, -0.2) is 51.5 Å². The number of nitrogens with one attached hydrogen (secondary N) is 2. The van der Waals surface area contributed by atoms with Crippen LogP contribution in [0.15, 0.2) is 30.5 Å². The maximum absolute atomic E-state index is 13.2. The Morgan fingerprint density at radius 2 is 1.91 bits per heavy atom. The molecule has 2 fully saturated rings. The molecule has 4 rings (SSSR count). The predicted molar refractivity (Wildman–Crippen MR) is 120 cm³/mol. The average molecular weight is 438 g/mol. The largest absolute Gasteiger partial charge is 0.351 e. The van der Waals surface area contributed by atoms with Crippen LogP contribution in [0.1, 0.15) is 58.9 Å². The highest BCUT2D eigenvalue weighted by atomic mass is 16.2. The molecular weight excluding hydrogens is 406 g/mol. The molecule has 2 aromatic rings. The first-order chi connectivity index (χ1) is 15.3. The lowest BCUT2D eigenvalue weighted by Crippen LogP contribution is -2.53. The van der Waals surface area contributed by atoms with E-state index in [1.54, 1.807) is 15.8 Å². The number of likely N-dealkylation sites (tertiary alicyclic amines) is 1. The number of rotatable bonds is 4. The molecule has 8 heteroatoms. The zero-order valence-electron chi connectivity index (χ0n) is 18.9. The molecule has 3 amide bonds. The molecule has 2 N–H and O–H groups in total. The summed E-state index contributed by atoms with van der Waals surface area (Å²) in [6, 6.07) is 7.20. The van der Waals surface area contributed by atoms with Crippen LogP contribution in [0, 0.1) is 19.8 Å². The fourth-order valence-electron chi connectivity index (χ4n) is 4.88. The van der Waals surface area contributed by atoms with Crippen molar-refractivity contribution < 1.29 is 14.4 Å². The highest BCUT2D eigenvalue weighted by molar-refractivity contribution is 5.95. The Morgan fingerprint density at radius 3 is 2.59 bits per heavy atom. The molecule has 0 saturated carbocycles. The summed E-state index contributed by atoms with van der Waals surface area (Å²) in [6.07, 6.45) is 4.18. The molecule has 1 aromatic carbocycles. The van der Waals surface area contributed by atoms with Gasteiger partial charge in [0, 0.05) is 38.3 Å². The molecule has 8 nitrogen and oxygen atoms in total. The molecule has 0 aliphatic carbocycles. The van der Waals surface area contributed by atoms with E-state index in [2.05, 4.69) is 15.7 Å². The zero-order valence-corrected chi connectivity index (χ0v) is 18.9. The number of benzene rings is 1. The molecule has 0 radical (unpaired) electrons. The zero-order chi connectivity index (χ0) is 22.8. The topological polar surface area (TPSA) is 96.3 Å². The van der Waals surface area contributed by atoms with Gasteiger partial charge < -0.3 is 15.5 Å². The third kappa shape index (κ3) is 4.69. The Labute approximate surface area is 188 Å². The Kier molecular flexibility index (Phi) is 6.30. The Balaban J connectivity index is 1.44. The maximum Gasteiger partial charge on any atom is 0.253 e. The van der Waals surface area contributed by atoms with Crippen LogP contribution >= 0.6 is 0 Å². The summed E-state index contributed by atoms with van der Waals surface area (Å²) >= 11 is 0. The van der Waals surface area contributed by atoms with Gasteiger partial charge in [-0.05, 0) is 51.3 Å². The summed E-state index contributed by atoms with van der Waals surface area (Å²) in [6.45, 7) is 5.04. The van der Waals surface area contributed by atoms with Gasteiger partial charge in [0.15, 0.2) is 0 Å². The van der Waals surface area contributed by atoms with Gasteiger partial charge in [0.25, 0.3) is 5.91 Å². The summed E-state index contributed by atoms with van der Waals surface area (Å²) in [5, 5.41) is 10.4. The number of amides is 3.